The molecule has 3 rings (SSSR count). The summed E-state index contributed by atoms with van der Waals surface area (Å²) in [5, 5.41) is 7.33. The molecular weight excluding hydrogens is 370 g/mol. The molecule has 1 aliphatic heterocycles. The van der Waals surface area contributed by atoms with Crippen molar-refractivity contribution >= 4 is 23.8 Å². The second kappa shape index (κ2) is 9.37. The van der Waals surface area contributed by atoms with E-state index in [1.165, 1.54) is 12.8 Å². The molecule has 1 amide bonds. The van der Waals surface area contributed by atoms with Crippen molar-refractivity contribution in [3.8, 4) is 0 Å². The molecule has 1 N–H and O–H groups in total. The van der Waals surface area contributed by atoms with Gasteiger partial charge in [0, 0.05) is 50.4 Å². The van der Waals surface area contributed by atoms with E-state index in [-0.39, 0.29) is 5.91 Å². The third-order valence-electron chi connectivity index (χ3n) is 5.65. The summed E-state index contributed by atoms with van der Waals surface area (Å²) >= 11 is 5.30. The van der Waals surface area contributed by atoms with Gasteiger partial charge in [0.25, 0.3) is 5.91 Å². The fourth-order valence-corrected chi connectivity index (χ4v) is 4.12. The van der Waals surface area contributed by atoms with Crippen molar-refractivity contribution in [3.63, 3.8) is 0 Å². The number of unbranched alkanes of at least 4 members (excludes halogenated alkanes) is 1. The number of hydrogen-bond acceptors (Lipinski definition) is 4. The molecular formula is C21H31N5OS. The average molecular weight is 402 g/mol. The average Bonchev–Trinajstić information content (AvgIpc) is 3.12. The number of nitrogens with zero attached hydrogens (tertiary/aromatic N) is 4. The molecule has 1 aromatic carbocycles. The summed E-state index contributed by atoms with van der Waals surface area (Å²) in [5.41, 5.74) is 1.92. The van der Waals surface area contributed by atoms with Gasteiger partial charge in [-0.15, -0.1) is 0 Å². The van der Waals surface area contributed by atoms with Crippen molar-refractivity contribution in [1.82, 2.24) is 19.7 Å². The summed E-state index contributed by atoms with van der Waals surface area (Å²) in [5.74, 6) is 1.50. The molecule has 0 spiro atoms. The number of carbonyl (C=O) groups excluding carboxylic acids is 1. The standard InChI is InChI=1S/C21H31N5OS/c1-4-6-13-24(3)18-9-7-17(8-10-18)20(27)25-14-11-16(12-15-25)19-22-23-21(28)26(19)5-2/h7-10,16H,4-6,11-15H2,1-3H3,(H,23,28). The second-order valence-corrected chi connectivity index (χ2v) is 7.91. The molecule has 0 aliphatic carbocycles. The summed E-state index contributed by atoms with van der Waals surface area (Å²) < 4.78 is 2.74. The van der Waals surface area contributed by atoms with E-state index in [9.17, 15) is 4.79 Å². The Morgan fingerprint density at radius 1 is 1.25 bits per heavy atom. The molecule has 1 aromatic heterocycles. The molecule has 1 fully saturated rings. The van der Waals surface area contributed by atoms with Crippen molar-refractivity contribution in [1.29, 1.82) is 0 Å². The smallest absolute Gasteiger partial charge is 0.253 e. The van der Waals surface area contributed by atoms with E-state index in [4.69, 9.17) is 12.2 Å². The number of rotatable bonds is 7. The minimum Gasteiger partial charge on any atom is -0.375 e. The van der Waals surface area contributed by atoms with E-state index >= 15 is 0 Å². The van der Waals surface area contributed by atoms with Gasteiger partial charge in [-0.05, 0) is 62.7 Å². The van der Waals surface area contributed by atoms with Crippen LogP contribution < -0.4 is 4.90 Å². The minimum absolute atomic E-state index is 0.121. The quantitative estimate of drug-likeness (QED) is 0.706. The highest BCUT2D eigenvalue weighted by atomic mass is 32.1. The fraction of sp³-hybridized carbons (Fsp3) is 0.571. The van der Waals surface area contributed by atoms with E-state index in [1.807, 2.05) is 17.0 Å². The first-order valence-corrected chi connectivity index (χ1v) is 10.7. The fourth-order valence-electron chi connectivity index (χ4n) is 3.85. The molecule has 0 unspecified atom stereocenters. The lowest BCUT2D eigenvalue weighted by atomic mass is 9.95. The van der Waals surface area contributed by atoms with Gasteiger partial charge in [-0.3, -0.25) is 9.89 Å². The number of carbonyl (C=O) groups is 1. The molecule has 2 heterocycles. The zero-order valence-electron chi connectivity index (χ0n) is 17.1. The maximum Gasteiger partial charge on any atom is 0.253 e. The number of amides is 1. The first-order valence-electron chi connectivity index (χ1n) is 10.3. The van der Waals surface area contributed by atoms with Crippen molar-refractivity contribution in [3.05, 3.63) is 40.4 Å². The SMILES string of the molecule is CCCCN(C)c1ccc(C(=O)N2CCC(c3n[nH]c(=S)n3CC)CC2)cc1. The highest BCUT2D eigenvalue weighted by Crippen LogP contribution is 2.28. The zero-order valence-corrected chi connectivity index (χ0v) is 18.0. The van der Waals surface area contributed by atoms with Crippen LogP contribution in [0, 0.1) is 4.77 Å². The van der Waals surface area contributed by atoms with Gasteiger partial charge in [0.2, 0.25) is 0 Å². The number of piperidine rings is 1. The number of hydrogen-bond donors (Lipinski definition) is 1. The maximum absolute atomic E-state index is 12.9. The molecule has 0 bridgehead atoms. The van der Waals surface area contributed by atoms with Crippen LogP contribution in [0.15, 0.2) is 24.3 Å². The number of likely N-dealkylation sites (tertiary alicyclic amines) is 1. The van der Waals surface area contributed by atoms with E-state index in [2.05, 4.69) is 52.7 Å². The van der Waals surface area contributed by atoms with Crippen molar-refractivity contribution < 1.29 is 4.79 Å². The highest BCUT2D eigenvalue weighted by Gasteiger charge is 2.27. The van der Waals surface area contributed by atoms with E-state index in [0.717, 1.165) is 56.1 Å². The molecule has 0 saturated carbocycles. The van der Waals surface area contributed by atoms with Gasteiger partial charge >= 0.3 is 0 Å². The van der Waals surface area contributed by atoms with Gasteiger partial charge in [-0.25, -0.2) is 0 Å². The third kappa shape index (κ3) is 4.46. The lowest BCUT2D eigenvalue weighted by Crippen LogP contribution is -2.38. The summed E-state index contributed by atoms with van der Waals surface area (Å²) in [6.07, 6.45) is 4.20. The van der Waals surface area contributed by atoms with Crippen molar-refractivity contribution in [2.75, 3.05) is 31.6 Å². The first kappa shape index (κ1) is 20.6. The Morgan fingerprint density at radius 3 is 2.54 bits per heavy atom. The third-order valence-corrected chi connectivity index (χ3v) is 5.97. The molecule has 2 aromatic rings. The Labute approximate surface area is 172 Å². The van der Waals surface area contributed by atoms with Gasteiger partial charge in [-0.2, -0.15) is 5.10 Å². The van der Waals surface area contributed by atoms with E-state index in [1.54, 1.807) is 0 Å². The van der Waals surface area contributed by atoms with Crippen LogP contribution in [0.4, 0.5) is 5.69 Å². The summed E-state index contributed by atoms with van der Waals surface area (Å²) in [6, 6.07) is 8.01. The molecule has 1 saturated heterocycles. The van der Waals surface area contributed by atoms with Crippen LogP contribution >= 0.6 is 12.2 Å². The molecule has 1 aliphatic rings. The molecule has 0 atom stereocenters. The molecule has 28 heavy (non-hydrogen) atoms. The van der Waals surface area contributed by atoms with Gasteiger partial charge < -0.3 is 14.4 Å². The number of H-pyrrole nitrogens is 1. The Balaban J connectivity index is 1.59. The Bertz CT molecular complexity index is 833. The van der Waals surface area contributed by atoms with Crippen molar-refractivity contribution in [2.45, 2.75) is 52.0 Å². The Hall–Kier alpha value is -2.15. The highest BCUT2D eigenvalue weighted by molar-refractivity contribution is 7.71. The van der Waals surface area contributed by atoms with Gasteiger partial charge in [0.1, 0.15) is 5.82 Å². The predicted octanol–water partition coefficient (Wildman–Crippen LogP) is 4.22. The van der Waals surface area contributed by atoms with Crippen LogP contribution in [0.5, 0.6) is 0 Å². The van der Waals surface area contributed by atoms with Gasteiger partial charge in [-0.1, -0.05) is 13.3 Å². The summed E-state index contributed by atoms with van der Waals surface area (Å²) in [6.45, 7) is 7.65. The van der Waals surface area contributed by atoms with Crippen molar-refractivity contribution in [2.24, 2.45) is 0 Å². The normalized spacial score (nSPS) is 15.0. The topological polar surface area (TPSA) is 57.2 Å². The number of nitrogens with one attached hydrogen (secondary N) is 1. The lowest BCUT2D eigenvalue weighted by molar-refractivity contribution is 0.0710. The summed E-state index contributed by atoms with van der Waals surface area (Å²) in [4.78, 5) is 17.1. The second-order valence-electron chi connectivity index (χ2n) is 7.52. The Kier molecular flexibility index (Phi) is 6.88. The largest absolute Gasteiger partial charge is 0.375 e. The maximum atomic E-state index is 12.9. The molecule has 0 radical (unpaired) electrons. The van der Waals surface area contributed by atoms with Gasteiger partial charge in [0.05, 0.1) is 0 Å². The predicted molar refractivity (Wildman–Crippen MR) is 116 cm³/mol. The van der Waals surface area contributed by atoms with Crippen LogP contribution in [0.1, 0.15) is 61.6 Å². The molecule has 6 nitrogen and oxygen atoms in total. The zero-order chi connectivity index (χ0) is 20.1. The lowest BCUT2D eigenvalue weighted by Gasteiger charge is -2.31. The molecule has 7 heteroatoms. The number of aromatic nitrogens is 3. The van der Waals surface area contributed by atoms with E-state index in [0.29, 0.717) is 10.7 Å². The van der Waals surface area contributed by atoms with Crippen LogP contribution in [0.25, 0.3) is 0 Å². The Morgan fingerprint density at radius 2 is 1.93 bits per heavy atom. The number of benzene rings is 1. The van der Waals surface area contributed by atoms with Crippen LogP contribution in [-0.2, 0) is 6.54 Å². The number of aromatic amines is 1. The van der Waals surface area contributed by atoms with Crippen LogP contribution in [-0.4, -0.2) is 52.3 Å². The molecule has 152 valence electrons. The summed E-state index contributed by atoms with van der Waals surface area (Å²) in [7, 11) is 2.10. The van der Waals surface area contributed by atoms with Crippen LogP contribution in [0.3, 0.4) is 0 Å². The number of anilines is 1. The van der Waals surface area contributed by atoms with E-state index < -0.39 is 0 Å². The van der Waals surface area contributed by atoms with Crippen LogP contribution in [0.2, 0.25) is 0 Å². The minimum atomic E-state index is 0.121. The first-order chi connectivity index (χ1) is 13.5. The monoisotopic (exact) mass is 401 g/mol. The van der Waals surface area contributed by atoms with Gasteiger partial charge in [0.15, 0.2) is 4.77 Å².